The number of methoxy groups -OCH3 is 1. The van der Waals surface area contributed by atoms with Crippen LogP contribution in [0, 0.1) is 0 Å². The number of unbranched alkanes of at least 4 members (excludes halogenated alkanes) is 1. The maximum Gasteiger partial charge on any atom is 0.341 e. The van der Waals surface area contributed by atoms with Gasteiger partial charge in [0, 0.05) is 23.5 Å². The van der Waals surface area contributed by atoms with E-state index in [1.165, 1.54) is 47.0 Å². The first-order valence-electron chi connectivity index (χ1n) is 11.5. The Balaban J connectivity index is 1.82. The lowest BCUT2D eigenvalue weighted by atomic mass is 10.1. The number of thiophene rings is 1. The molecule has 1 amide bonds. The van der Waals surface area contributed by atoms with Gasteiger partial charge in [-0.2, -0.15) is 4.31 Å². The summed E-state index contributed by atoms with van der Waals surface area (Å²) >= 11 is 1.43. The number of sulfonamides is 1. The van der Waals surface area contributed by atoms with Gasteiger partial charge in [-0.15, -0.1) is 11.3 Å². The van der Waals surface area contributed by atoms with E-state index in [4.69, 9.17) is 4.74 Å². The van der Waals surface area contributed by atoms with Gasteiger partial charge in [0.25, 0.3) is 5.91 Å². The predicted molar refractivity (Wildman–Crippen MR) is 131 cm³/mol. The highest BCUT2D eigenvalue weighted by molar-refractivity contribution is 7.89. The quantitative estimate of drug-likeness (QED) is 0.398. The number of nitrogens with one attached hydrogen (secondary N) is 1. The lowest BCUT2D eigenvalue weighted by Gasteiger charge is -2.20. The van der Waals surface area contributed by atoms with Crippen molar-refractivity contribution in [3.8, 4) is 0 Å². The number of rotatable bonds is 9. The number of hydrogen-bond acceptors (Lipinski definition) is 6. The maximum atomic E-state index is 12.9. The van der Waals surface area contributed by atoms with Gasteiger partial charge in [-0.3, -0.25) is 4.79 Å². The first-order chi connectivity index (χ1) is 15.8. The number of nitrogens with zero attached hydrogens (tertiary/aromatic N) is 1. The summed E-state index contributed by atoms with van der Waals surface area (Å²) in [5, 5.41) is 3.35. The first-order valence-corrected chi connectivity index (χ1v) is 13.7. The van der Waals surface area contributed by atoms with Crippen molar-refractivity contribution in [2.45, 2.75) is 63.7 Å². The molecule has 1 aromatic heterocycles. The molecule has 180 valence electrons. The predicted octanol–water partition coefficient (Wildman–Crippen LogP) is 4.87. The molecule has 0 aliphatic heterocycles. The van der Waals surface area contributed by atoms with Crippen molar-refractivity contribution in [3.05, 3.63) is 45.8 Å². The Morgan fingerprint density at radius 1 is 1.09 bits per heavy atom. The molecule has 0 spiro atoms. The Kier molecular flexibility index (Phi) is 8.67. The zero-order valence-electron chi connectivity index (χ0n) is 19.5. The van der Waals surface area contributed by atoms with Crippen LogP contribution in [0.15, 0.2) is 29.2 Å². The van der Waals surface area contributed by atoms with Crippen LogP contribution < -0.4 is 5.32 Å². The van der Waals surface area contributed by atoms with Gasteiger partial charge in [0.1, 0.15) is 5.00 Å². The Morgan fingerprint density at radius 3 is 2.42 bits per heavy atom. The lowest BCUT2D eigenvalue weighted by Crippen LogP contribution is -2.31. The maximum absolute atomic E-state index is 12.9. The van der Waals surface area contributed by atoms with Gasteiger partial charge in [-0.1, -0.05) is 26.7 Å². The van der Waals surface area contributed by atoms with Crippen LogP contribution in [0.3, 0.4) is 0 Å². The molecule has 0 atom stereocenters. The molecule has 1 heterocycles. The molecule has 0 saturated carbocycles. The summed E-state index contributed by atoms with van der Waals surface area (Å²) in [6.45, 7) is 4.70. The van der Waals surface area contributed by atoms with Gasteiger partial charge in [-0.25, -0.2) is 13.2 Å². The number of carbonyl (C=O) groups is 2. The molecule has 0 radical (unpaired) electrons. The molecule has 1 aliphatic rings. The number of hydrogen-bond donors (Lipinski definition) is 1. The Bertz CT molecular complexity index is 1090. The molecule has 7 nitrogen and oxygen atoms in total. The minimum Gasteiger partial charge on any atom is -0.465 e. The van der Waals surface area contributed by atoms with Gasteiger partial charge in [0.05, 0.1) is 17.6 Å². The molecule has 2 aromatic rings. The molecular weight excluding hydrogens is 460 g/mol. The van der Waals surface area contributed by atoms with Crippen molar-refractivity contribution in [1.29, 1.82) is 0 Å². The molecule has 1 N–H and O–H groups in total. The second kappa shape index (κ2) is 11.3. The molecule has 0 unspecified atom stereocenters. The van der Waals surface area contributed by atoms with E-state index in [0.717, 1.165) is 55.4 Å². The van der Waals surface area contributed by atoms with E-state index in [0.29, 0.717) is 29.2 Å². The molecule has 9 heteroatoms. The second-order valence-corrected chi connectivity index (χ2v) is 11.1. The fourth-order valence-corrected chi connectivity index (χ4v) is 6.79. The van der Waals surface area contributed by atoms with Crippen molar-refractivity contribution in [3.63, 3.8) is 0 Å². The highest BCUT2D eigenvalue weighted by Gasteiger charge is 2.27. The lowest BCUT2D eigenvalue weighted by molar-refractivity contribution is 0.0601. The summed E-state index contributed by atoms with van der Waals surface area (Å²) in [5.74, 6) is -0.836. The largest absolute Gasteiger partial charge is 0.465 e. The van der Waals surface area contributed by atoms with Crippen molar-refractivity contribution in [1.82, 2.24) is 4.31 Å². The molecular formula is C24H32N2O5S2. The number of anilines is 1. The Hall–Kier alpha value is -2.23. The molecule has 0 fully saturated rings. The third-order valence-electron chi connectivity index (χ3n) is 5.91. The summed E-state index contributed by atoms with van der Waals surface area (Å²) in [4.78, 5) is 26.7. The number of esters is 1. The van der Waals surface area contributed by atoms with Crippen LogP contribution in [0.4, 0.5) is 5.00 Å². The number of carbonyl (C=O) groups excluding carboxylic acids is 2. The fourth-order valence-electron chi connectivity index (χ4n) is 4.03. The zero-order valence-corrected chi connectivity index (χ0v) is 21.1. The summed E-state index contributed by atoms with van der Waals surface area (Å²) < 4.78 is 32.3. The van der Waals surface area contributed by atoms with Gasteiger partial charge >= 0.3 is 5.97 Å². The van der Waals surface area contributed by atoms with E-state index in [1.54, 1.807) is 0 Å². The zero-order chi connectivity index (χ0) is 24.0. The van der Waals surface area contributed by atoms with E-state index in [9.17, 15) is 18.0 Å². The third-order valence-corrected chi connectivity index (χ3v) is 9.10. The van der Waals surface area contributed by atoms with E-state index < -0.39 is 16.0 Å². The van der Waals surface area contributed by atoms with Gasteiger partial charge in [0.15, 0.2) is 0 Å². The van der Waals surface area contributed by atoms with Crippen molar-refractivity contribution >= 4 is 38.2 Å². The number of fused-ring (bicyclic) bond motifs is 1. The van der Waals surface area contributed by atoms with Crippen LogP contribution >= 0.6 is 11.3 Å². The average Bonchev–Trinajstić information content (AvgIpc) is 2.98. The molecule has 1 aromatic carbocycles. The van der Waals surface area contributed by atoms with Crippen LogP contribution in [-0.2, 0) is 27.6 Å². The highest BCUT2D eigenvalue weighted by Crippen LogP contribution is 2.38. The summed E-state index contributed by atoms with van der Waals surface area (Å²) in [5.41, 5.74) is 1.75. The molecule has 1 aliphatic carbocycles. The van der Waals surface area contributed by atoms with Crippen molar-refractivity contribution in [2.24, 2.45) is 0 Å². The molecule has 3 rings (SSSR count). The van der Waals surface area contributed by atoms with Crippen LogP contribution in [0.5, 0.6) is 0 Å². The van der Waals surface area contributed by atoms with Gasteiger partial charge in [0.2, 0.25) is 10.0 Å². The van der Waals surface area contributed by atoms with Gasteiger partial charge < -0.3 is 10.1 Å². The highest BCUT2D eigenvalue weighted by atomic mass is 32.2. The van der Waals surface area contributed by atoms with E-state index >= 15 is 0 Å². The normalized spacial score (nSPS) is 13.9. The first kappa shape index (κ1) is 25.4. The number of amides is 1. The summed E-state index contributed by atoms with van der Waals surface area (Å²) in [6.07, 6.45) is 6.57. The van der Waals surface area contributed by atoms with Gasteiger partial charge in [-0.05, 0) is 61.9 Å². The standard InChI is InChI=1S/C24H32N2O5S2/c1-4-6-16-26(5-2)33(29,30)18-14-12-17(13-15-18)22(27)25-23-21(24(28)31-3)19-10-8-7-9-11-20(19)32-23/h12-15H,4-11,16H2,1-3H3,(H,25,27). The van der Waals surface area contributed by atoms with Crippen LogP contribution in [-0.4, -0.2) is 44.8 Å². The molecule has 0 bridgehead atoms. The fraction of sp³-hybridized carbons (Fsp3) is 0.500. The Labute approximate surface area is 200 Å². The average molecular weight is 493 g/mol. The number of aryl methyl sites for hydroxylation is 1. The van der Waals surface area contributed by atoms with E-state index in [1.807, 2.05) is 13.8 Å². The number of benzene rings is 1. The smallest absolute Gasteiger partial charge is 0.341 e. The monoisotopic (exact) mass is 492 g/mol. The SMILES string of the molecule is CCCCN(CC)S(=O)(=O)c1ccc(C(=O)Nc2sc3c(c2C(=O)OC)CCCCC3)cc1. The van der Waals surface area contributed by atoms with E-state index in [2.05, 4.69) is 5.32 Å². The number of ether oxygens (including phenoxy) is 1. The molecule has 0 saturated heterocycles. The van der Waals surface area contributed by atoms with Crippen LogP contribution in [0.2, 0.25) is 0 Å². The topological polar surface area (TPSA) is 92.8 Å². The van der Waals surface area contributed by atoms with Crippen LogP contribution in [0.25, 0.3) is 0 Å². The van der Waals surface area contributed by atoms with Crippen molar-refractivity contribution < 1.29 is 22.7 Å². The minimum absolute atomic E-state index is 0.162. The minimum atomic E-state index is -3.61. The van der Waals surface area contributed by atoms with Crippen molar-refractivity contribution in [2.75, 3.05) is 25.5 Å². The summed E-state index contributed by atoms with van der Waals surface area (Å²) in [6, 6.07) is 5.94. The van der Waals surface area contributed by atoms with Crippen LogP contribution in [0.1, 0.15) is 77.1 Å². The Morgan fingerprint density at radius 2 is 1.79 bits per heavy atom. The van der Waals surface area contributed by atoms with E-state index in [-0.39, 0.29) is 10.8 Å². The second-order valence-electron chi connectivity index (χ2n) is 8.09. The third kappa shape index (κ3) is 5.65. The molecule has 33 heavy (non-hydrogen) atoms. The summed E-state index contributed by atoms with van der Waals surface area (Å²) in [7, 11) is -2.27.